The first-order valence-electron chi connectivity index (χ1n) is 8.39. The second-order valence-corrected chi connectivity index (χ2v) is 6.99. The molecule has 148 valence electrons. The standard InChI is InChI=1S/C20H18BrF3N2O2/c1-27-19(28-2)11-25-18-10-16(15-8-7-14(21)9-17(15)26-18)12-3-5-13(6-4-12)20(22,23)24/h3-10,19H,11H2,1-2H3,(H,25,26). The maximum atomic E-state index is 12.9. The Morgan fingerprint density at radius 2 is 1.71 bits per heavy atom. The zero-order valence-corrected chi connectivity index (χ0v) is 16.8. The Hall–Kier alpha value is -2.16. The molecule has 0 saturated carbocycles. The van der Waals surface area contributed by atoms with Crippen LogP contribution in [-0.4, -0.2) is 32.0 Å². The van der Waals surface area contributed by atoms with Crippen molar-refractivity contribution in [3.8, 4) is 11.1 Å². The van der Waals surface area contributed by atoms with Crippen LogP contribution in [0.3, 0.4) is 0 Å². The molecule has 0 bridgehead atoms. The predicted octanol–water partition coefficient (Wildman–Crippen LogP) is 5.71. The van der Waals surface area contributed by atoms with Crippen molar-refractivity contribution in [2.45, 2.75) is 12.5 Å². The van der Waals surface area contributed by atoms with Crippen LogP contribution in [-0.2, 0) is 15.7 Å². The van der Waals surface area contributed by atoms with Crippen LogP contribution in [0.25, 0.3) is 22.0 Å². The van der Waals surface area contributed by atoms with Gasteiger partial charge in [0, 0.05) is 24.1 Å². The van der Waals surface area contributed by atoms with E-state index in [-0.39, 0.29) is 0 Å². The van der Waals surface area contributed by atoms with Crippen LogP contribution in [0.4, 0.5) is 19.0 Å². The molecule has 1 heterocycles. The van der Waals surface area contributed by atoms with E-state index in [4.69, 9.17) is 9.47 Å². The van der Waals surface area contributed by atoms with Gasteiger partial charge < -0.3 is 14.8 Å². The summed E-state index contributed by atoms with van der Waals surface area (Å²) in [6, 6.07) is 12.5. The van der Waals surface area contributed by atoms with E-state index in [1.165, 1.54) is 26.4 Å². The molecule has 0 aliphatic heterocycles. The summed E-state index contributed by atoms with van der Waals surface area (Å²) in [5, 5.41) is 3.98. The third kappa shape index (κ3) is 4.63. The first-order chi connectivity index (χ1) is 13.3. The molecule has 28 heavy (non-hydrogen) atoms. The molecule has 0 unspecified atom stereocenters. The fraction of sp³-hybridized carbons (Fsp3) is 0.250. The van der Waals surface area contributed by atoms with E-state index >= 15 is 0 Å². The number of hydrogen-bond donors (Lipinski definition) is 1. The SMILES string of the molecule is COC(CNc1cc(-c2ccc(C(F)(F)F)cc2)c2ccc(Br)cc2n1)OC. The molecule has 1 aromatic heterocycles. The Bertz CT molecular complexity index is 958. The second-order valence-electron chi connectivity index (χ2n) is 6.07. The molecule has 2 aromatic carbocycles. The van der Waals surface area contributed by atoms with Crippen molar-refractivity contribution in [2.75, 3.05) is 26.1 Å². The Morgan fingerprint density at radius 3 is 2.32 bits per heavy atom. The fourth-order valence-corrected chi connectivity index (χ4v) is 3.17. The quantitative estimate of drug-likeness (QED) is 0.484. The lowest BCUT2D eigenvalue weighted by Crippen LogP contribution is -2.24. The lowest BCUT2D eigenvalue weighted by molar-refractivity contribution is -0.137. The molecule has 0 fully saturated rings. The van der Waals surface area contributed by atoms with Crippen LogP contribution >= 0.6 is 15.9 Å². The summed E-state index contributed by atoms with van der Waals surface area (Å²) < 4.78 is 49.8. The van der Waals surface area contributed by atoms with Crippen LogP contribution in [0.5, 0.6) is 0 Å². The number of alkyl halides is 3. The zero-order chi connectivity index (χ0) is 20.3. The molecule has 0 saturated heterocycles. The van der Waals surface area contributed by atoms with Gasteiger partial charge in [0.1, 0.15) is 5.82 Å². The maximum Gasteiger partial charge on any atom is 0.416 e. The van der Waals surface area contributed by atoms with Gasteiger partial charge in [-0.1, -0.05) is 34.1 Å². The summed E-state index contributed by atoms with van der Waals surface area (Å²) in [6.45, 7) is 0.367. The highest BCUT2D eigenvalue weighted by molar-refractivity contribution is 9.10. The summed E-state index contributed by atoms with van der Waals surface area (Å²) in [5.41, 5.74) is 1.47. The van der Waals surface area contributed by atoms with Crippen molar-refractivity contribution in [2.24, 2.45) is 0 Å². The second kappa shape index (κ2) is 8.46. The van der Waals surface area contributed by atoms with Crippen molar-refractivity contribution >= 4 is 32.7 Å². The molecule has 0 aliphatic carbocycles. The number of anilines is 1. The highest BCUT2D eigenvalue weighted by Crippen LogP contribution is 2.34. The summed E-state index contributed by atoms with van der Waals surface area (Å²) in [5.74, 6) is 0.569. The molecule has 0 aliphatic rings. The van der Waals surface area contributed by atoms with E-state index in [1.54, 1.807) is 6.07 Å². The van der Waals surface area contributed by atoms with E-state index in [0.717, 1.165) is 27.6 Å². The van der Waals surface area contributed by atoms with Gasteiger partial charge in [0.25, 0.3) is 0 Å². The van der Waals surface area contributed by atoms with E-state index in [1.807, 2.05) is 18.2 Å². The lowest BCUT2D eigenvalue weighted by Gasteiger charge is -2.16. The van der Waals surface area contributed by atoms with Crippen LogP contribution in [0.1, 0.15) is 5.56 Å². The van der Waals surface area contributed by atoms with Gasteiger partial charge in [0.2, 0.25) is 0 Å². The summed E-state index contributed by atoms with van der Waals surface area (Å²) >= 11 is 3.43. The van der Waals surface area contributed by atoms with Gasteiger partial charge in [-0.25, -0.2) is 4.98 Å². The minimum Gasteiger partial charge on any atom is -0.365 e. The van der Waals surface area contributed by atoms with Gasteiger partial charge >= 0.3 is 6.18 Å². The number of pyridine rings is 1. The third-order valence-corrected chi connectivity index (χ3v) is 4.76. The molecule has 3 rings (SSSR count). The van der Waals surface area contributed by atoms with Crippen molar-refractivity contribution in [3.05, 3.63) is 58.6 Å². The van der Waals surface area contributed by atoms with Gasteiger partial charge in [-0.15, -0.1) is 0 Å². The number of nitrogens with one attached hydrogen (secondary N) is 1. The molecule has 0 amide bonds. The number of methoxy groups -OCH3 is 2. The van der Waals surface area contributed by atoms with E-state index in [0.29, 0.717) is 23.4 Å². The zero-order valence-electron chi connectivity index (χ0n) is 15.2. The Kier molecular flexibility index (Phi) is 6.22. The number of nitrogens with zero attached hydrogens (tertiary/aromatic N) is 1. The van der Waals surface area contributed by atoms with Gasteiger partial charge in [0.05, 0.1) is 17.6 Å². The van der Waals surface area contributed by atoms with Crippen molar-refractivity contribution < 1.29 is 22.6 Å². The number of ether oxygens (including phenoxy) is 2. The minimum atomic E-state index is -4.37. The van der Waals surface area contributed by atoms with E-state index in [9.17, 15) is 13.2 Å². The number of rotatable bonds is 6. The molecule has 8 heteroatoms. The fourth-order valence-electron chi connectivity index (χ4n) is 2.82. The highest BCUT2D eigenvalue weighted by atomic mass is 79.9. The van der Waals surface area contributed by atoms with Gasteiger partial charge in [-0.2, -0.15) is 13.2 Å². The minimum absolute atomic E-state index is 0.367. The van der Waals surface area contributed by atoms with Crippen LogP contribution in [0.2, 0.25) is 0 Å². The van der Waals surface area contributed by atoms with Crippen molar-refractivity contribution in [1.29, 1.82) is 0 Å². The summed E-state index contributed by atoms with van der Waals surface area (Å²) in [4.78, 5) is 4.59. The summed E-state index contributed by atoms with van der Waals surface area (Å²) in [6.07, 6.45) is -4.82. The third-order valence-electron chi connectivity index (χ3n) is 4.27. The average Bonchev–Trinajstić information content (AvgIpc) is 2.67. The van der Waals surface area contributed by atoms with Crippen molar-refractivity contribution in [1.82, 2.24) is 4.98 Å². The maximum absolute atomic E-state index is 12.9. The van der Waals surface area contributed by atoms with Gasteiger partial charge in [0.15, 0.2) is 6.29 Å². The molecule has 0 radical (unpaired) electrons. The lowest BCUT2D eigenvalue weighted by atomic mass is 9.99. The number of fused-ring (bicyclic) bond motifs is 1. The molecule has 3 aromatic rings. The van der Waals surface area contributed by atoms with Crippen LogP contribution in [0.15, 0.2) is 53.0 Å². The number of halogens is 4. The van der Waals surface area contributed by atoms with E-state index < -0.39 is 18.0 Å². The molecule has 1 N–H and O–H groups in total. The summed E-state index contributed by atoms with van der Waals surface area (Å²) in [7, 11) is 3.07. The predicted molar refractivity (Wildman–Crippen MR) is 106 cm³/mol. The molecular formula is C20H18BrF3N2O2. The molecule has 0 atom stereocenters. The Morgan fingerprint density at radius 1 is 1.04 bits per heavy atom. The van der Waals surface area contributed by atoms with Gasteiger partial charge in [-0.3, -0.25) is 0 Å². The number of benzene rings is 2. The monoisotopic (exact) mass is 454 g/mol. The Balaban J connectivity index is 2.04. The largest absolute Gasteiger partial charge is 0.416 e. The number of aromatic nitrogens is 1. The van der Waals surface area contributed by atoms with E-state index in [2.05, 4.69) is 26.2 Å². The smallest absolute Gasteiger partial charge is 0.365 e. The average molecular weight is 455 g/mol. The number of hydrogen-bond acceptors (Lipinski definition) is 4. The topological polar surface area (TPSA) is 43.4 Å². The first-order valence-corrected chi connectivity index (χ1v) is 9.18. The van der Waals surface area contributed by atoms with Crippen LogP contribution < -0.4 is 5.32 Å². The van der Waals surface area contributed by atoms with Crippen molar-refractivity contribution in [3.63, 3.8) is 0 Å². The van der Waals surface area contributed by atoms with Crippen LogP contribution in [0, 0.1) is 0 Å². The first kappa shape index (κ1) is 20.6. The molecular weight excluding hydrogens is 437 g/mol. The highest BCUT2D eigenvalue weighted by Gasteiger charge is 2.30. The van der Waals surface area contributed by atoms with Gasteiger partial charge in [-0.05, 0) is 41.5 Å². The molecule has 0 spiro atoms. The Labute approximate surface area is 168 Å². The molecule has 4 nitrogen and oxygen atoms in total. The normalized spacial score (nSPS) is 12.0.